The number of anilines is 3. The molecule has 0 saturated carbocycles. The molecule has 0 aliphatic carbocycles. The molecule has 230 valence electrons. The Labute approximate surface area is 252 Å². The summed E-state index contributed by atoms with van der Waals surface area (Å²) in [6.07, 6.45) is -4.56. The van der Waals surface area contributed by atoms with Crippen LogP contribution in [-0.4, -0.2) is 47.9 Å². The van der Waals surface area contributed by atoms with E-state index in [0.717, 1.165) is 17.2 Å². The number of amides is 2. The lowest BCUT2D eigenvalue weighted by atomic mass is 10.0. The molecule has 9 nitrogen and oxygen atoms in total. The SMILES string of the molecule is COc1ccc(N2CN(c3ccc(F)c(F)c3CCCNC(=O)OC(C)(C)C)c3cnc(C(F)(F)F)cc3C2=O)c(Br)n1. The summed E-state index contributed by atoms with van der Waals surface area (Å²) in [4.78, 5) is 35.8. The van der Waals surface area contributed by atoms with Gasteiger partial charge in [0.05, 0.1) is 30.2 Å². The molecular weight excluding hydrogens is 645 g/mol. The maximum absolute atomic E-state index is 15.3. The van der Waals surface area contributed by atoms with Crippen molar-refractivity contribution in [1.29, 1.82) is 0 Å². The molecule has 2 amide bonds. The molecule has 1 aromatic carbocycles. The van der Waals surface area contributed by atoms with Crippen LogP contribution in [-0.2, 0) is 17.3 Å². The monoisotopic (exact) mass is 671 g/mol. The standard InChI is InChI=1S/C28H27BrF5N5O4/c1-27(2,3)43-26(41)35-11-5-6-15-18(8-7-17(30)23(15)31)38-14-39(19-9-10-22(42-4)37-24(19)29)25(40)16-12-21(28(32,33)34)36-13-20(16)38/h7-10,12-13H,5-6,11,14H2,1-4H3,(H,35,41). The Morgan fingerprint density at radius 3 is 2.40 bits per heavy atom. The van der Waals surface area contributed by atoms with E-state index in [1.165, 1.54) is 30.2 Å². The van der Waals surface area contributed by atoms with Crippen molar-refractivity contribution in [2.24, 2.45) is 0 Å². The number of ether oxygens (including phenoxy) is 2. The molecule has 0 bridgehead atoms. The Morgan fingerprint density at radius 1 is 1.07 bits per heavy atom. The van der Waals surface area contributed by atoms with Gasteiger partial charge in [0.15, 0.2) is 11.6 Å². The Kier molecular flexibility index (Phi) is 9.13. The van der Waals surface area contributed by atoms with Crippen LogP contribution in [0.15, 0.2) is 41.1 Å². The summed E-state index contributed by atoms with van der Waals surface area (Å²) in [5.74, 6) is -2.90. The van der Waals surface area contributed by atoms with Gasteiger partial charge in [0.1, 0.15) is 22.6 Å². The van der Waals surface area contributed by atoms with Crippen LogP contribution in [0, 0.1) is 11.6 Å². The molecule has 1 aliphatic heterocycles. The number of benzene rings is 1. The number of methoxy groups -OCH3 is 1. The van der Waals surface area contributed by atoms with Gasteiger partial charge in [-0.25, -0.2) is 23.5 Å². The summed E-state index contributed by atoms with van der Waals surface area (Å²) in [5, 5.41) is 2.55. The summed E-state index contributed by atoms with van der Waals surface area (Å²) >= 11 is 3.27. The van der Waals surface area contributed by atoms with Crippen LogP contribution in [0.4, 0.5) is 43.8 Å². The fraction of sp³-hybridized carbons (Fsp3) is 0.357. The van der Waals surface area contributed by atoms with Crippen LogP contribution in [0.3, 0.4) is 0 Å². The number of hydrogen-bond acceptors (Lipinski definition) is 7. The van der Waals surface area contributed by atoms with Gasteiger partial charge in [0, 0.05) is 23.9 Å². The molecule has 43 heavy (non-hydrogen) atoms. The summed E-state index contributed by atoms with van der Waals surface area (Å²) in [5.41, 5.74) is -2.26. The Balaban J connectivity index is 1.75. The molecule has 4 rings (SSSR count). The fourth-order valence-corrected chi connectivity index (χ4v) is 4.90. The molecule has 1 N–H and O–H groups in total. The second kappa shape index (κ2) is 12.3. The number of alkyl carbamates (subject to hydrolysis) is 1. The third-order valence-corrected chi connectivity index (χ3v) is 6.84. The number of pyridine rings is 2. The molecule has 0 fully saturated rings. The van der Waals surface area contributed by atoms with E-state index >= 15 is 4.39 Å². The highest BCUT2D eigenvalue weighted by molar-refractivity contribution is 9.10. The molecule has 0 unspecified atom stereocenters. The predicted octanol–water partition coefficient (Wildman–Crippen LogP) is 6.76. The van der Waals surface area contributed by atoms with Crippen LogP contribution in [0.5, 0.6) is 5.88 Å². The van der Waals surface area contributed by atoms with Gasteiger partial charge in [-0.15, -0.1) is 0 Å². The number of nitrogens with one attached hydrogen (secondary N) is 1. The predicted molar refractivity (Wildman–Crippen MR) is 150 cm³/mol. The number of aromatic nitrogens is 2. The molecular formula is C28H27BrF5N5O4. The number of halogens is 6. The van der Waals surface area contributed by atoms with Gasteiger partial charge in [0.2, 0.25) is 5.88 Å². The molecule has 1 aliphatic rings. The van der Waals surface area contributed by atoms with Crippen molar-refractivity contribution in [2.45, 2.75) is 45.4 Å². The topological polar surface area (TPSA) is 96.9 Å². The van der Waals surface area contributed by atoms with Gasteiger partial charge in [-0.1, -0.05) is 0 Å². The first-order chi connectivity index (χ1) is 20.1. The molecule has 3 aromatic rings. The first-order valence-electron chi connectivity index (χ1n) is 12.9. The number of hydrogen-bond donors (Lipinski definition) is 1. The summed E-state index contributed by atoms with van der Waals surface area (Å²) in [6.45, 7) is 4.84. The van der Waals surface area contributed by atoms with Crippen molar-refractivity contribution >= 4 is 45.0 Å². The third-order valence-electron chi connectivity index (χ3n) is 6.26. The average Bonchev–Trinajstić information content (AvgIpc) is 2.92. The van der Waals surface area contributed by atoms with Crippen molar-refractivity contribution in [2.75, 3.05) is 30.1 Å². The van der Waals surface area contributed by atoms with Crippen molar-refractivity contribution in [3.05, 3.63) is 69.6 Å². The lowest BCUT2D eigenvalue weighted by molar-refractivity contribution is -0.141. The number of rotatable bonds is 7. The number of carbonyl (C=O) groups excluding carboxylic acids is 2. The van der Waals surface area contributed by atoms with Crippen LogP contribution in [0.2, 0.25) is 0 Å². The van der Waals surface area contributed by atoms with E-state index in [1.54, 1.807) is 20.8 Å². The van der Waals surface area contributed by atoms with Crippen molar-refractivity contribution in [3.8, 4) is 5.88 Å². The van der Waals surface area contributed by atoms with Crippen molar-refractivity contribution in [3.63, 3.8) is 0 Å². The minimum absolute atomic E-state index is 0.0361. The van der Waals surface area contributed by atoms with Gasteiger partial charge < -0.3 is 19.7 Å². The zero-order valence-electron chi connectivity index (χ0n) is 23.5. The molecule has 0 atom stereocenters. The molecule has 0 saturated heterocycles. The van der Waals surface area contributed by atoms with E-state index < -0.39 is 41.1 Å². The lowest BCUT2D eigenvalue weighted by Crippen LogP contribution is -2.46. The summed E-state index contributed by atoms with van der Waals surface area (Å²) in [7, 11) is 1.39. The number of carbonyl (C=O) groups is 2. The quantitative estimate of drug-likeness (QED) is 0.168. The smallest absolute Gasteiger partial charge is 0.433 e. The van der Waals surface area contributed by atoms with Crippen LogP contribution >= 0.6 is 15.9 Å². The van der Waals surface area contributed by atoms with Crippen LogP contribution in [0.25, 0.3) is 0 Å². The van der Waals surface area contributed by atoms with E-state index in [0.29, 0.717) is 6.07 Å². The summed E-state index contributed by atoms with van der Waals surface area (Å²) < 4.78 is 80.9. The van der Waals surface area contributed by atoms with Crippen LogP contribution in [0.1, 0.15) is 48.8 Å². The van der Waals surface area contributed by atoms with Gasteiger partial charge in [-0.3, -0.25) is 9.69 Å². The maximum atomic E-state index is 15.3. The van der Waals surface area contributed by atoms with Crippen LogP contribution < -0.4 is 19.9 Å². The largest absolute Gasteiger partial charge is 0.481 e. The molecule has 3 heterocycles. The molecule has 0 spiro atoms. The normalized spacial score (nSPS) is 13.6. The summed E-state index contributed by atoms with van der Waals surface area (Å²) in [6, 6.07) is 5.71. The second-order valence-electron chi connectivity index (χ2n) is 10.4. The average molecular weight is 672 g/mol. The second-order valence-corrected chi connectivity index (χ2v) is 11.2. The van der Waals surface area contributed by atoms with Gasteiger partial charge in [0.25, 0.3) is 5.91 Å². The maximum Gasteiger partial charge on any atom is 0.433 e. The van der Waals surface area contributed by atoms with Gasteiger partial charge in [-0.2, -0.15) is 13.2 Å². The zero-order valence-corrected chi connectivity index (χ0v) is 25.1. The highest BCUT2D eigenvalue weighted by Gasteiger charge is 2.39. The minimum Gasteiger partial charge on any atom is -0.481 e. The highest BCUT2D eigenvalue weighted by atomic mass is 79.9. The third kappa shape index (κ3) is 7.14. The number of fused-ring (bicyclic) bond motifs is 1. The van der Waals surface area contributed by atoms with Gasteiger partial charge in [-0.05, 0) is 73.8 Å². The lowest BCUT2D eigenvalue weighted by Gasteiger charge is -2.39. The zero-order chi connectivity index (χ0) is 31.7. The minimum atomic E-state index is -4.85. The Morgan fingerprint density at radius 2 is 1.77 bits per heavy atom. The molecule has 15 heteroatoms. The van der Waals surface area contributed by atoms with E-state index in [9.17, 15) is 27.2 Å². The molecule has 0 radical (unpaired) electrons. The van der Waals surface area contributed by atoms with E-state index in [4.69, 9.17) is 9.47 Å². The van der Waals surface area contributed by atoms with E-state index in [2.05, 4.69) is 31.2 Å². The van der Waals surface area contributed by atoms with Crippen molar-refractivity contribution in [1.82, 2.24) is 15.3 Å². The first kappa shape index (κ1) is 31.9. The van der Waals surface area contributed by atoms with Crippen molar-refractivity contribution < 1.29 is 41.0 Å². The fourth-order valence-electron chi connectivity index (χ4n) is 4.38. The van der Waals surface area contributed by atoms with E-state index in [1.807, 2.05) is 0 Å². The Hall–Kier alpha value is -4.01. The first-order valence-corrected chi connectivity index (χ1v) is 13.7. The van der Waals surface area contributed by atoms with E-state index in [-0.39, 0.29) is 64.7 Å². The van der Waals surface area contributed by atoms with Gasteiger partial charge >= 0.3 is 12.3 Å². The highest BCUT2D eigenvalue weighted by Crippen LogP contribution is 2.41. The number of alkyl halides is 3. The Bertz CT molecular complexity index is 1550. The number of nitrogens with zero attached hydrogens (tertiary/aromatic N) is 4. The molecule has 2 aromatic heterocycles.